The summed E-state index contributed by atoms with van der Waals surface area (Å²) >= 11 is 3.47. The Hall–Kier alpha value is -2.80. The molecule has 0 bridgehead atoms. The summed E-state index contributed by atoms with van der Waals surface area (Å²) in [5.74, 6) is 0.218. The maximum Gasteiger partial charge on any atom is 0.282 e. The van der Waals surface area contributed by atoms with Crippen molar-refractivity contribution < 1.29 is 19.1 Å². The van der Waals surface area contributed by atoms with Gasteiger partial charge in [0.1, 0.15) is 5.57 Å². The monoisotopic (exact) mass is 430 g/mol. The van der Waals surface area contributed by atoms with E-state index in [2.05, 4.69) is 21.4 Å². The van der Waals surface area contributed by atoms with Crippen molar-refractivity contribution in [2.75, 3.05) is 12.1 Å². The number of hydrogen-bond donors (Lipinski definition) is 1. The van der Waals surface area contributed by atoms with Gasteiger partial charge in [-0.25, -0.2) is 5.01 Å². The number of ether oxygens (including phenoxy) is 2. The van der Waals surface area contributed by atoms with Gasteiger partial charge >= 0.3 is 0 Å². The van der Waals surface area contributed by atoms with Crippen molar-refractivity contribution in [3.63, 3.8) is 0 Å². The number of methoxy groups -OCH3 is 1. The number of nitrogens with zero attached hydrogens (tertiary/aromatic N) is 1. The summed E-state index contributed by atoms with van der Waals surface area (Å²) in [6.07, 6.45) is 1.52. The minimum absolute atomic E-state index is 0.0170. The average Bonchev–Trinajstić information content (AvgIpc) is 2.92. The van der Waals surface area contributed by atoms with Gasteiger partial charge in [0, 0.05) is 4.47 Å². The minimum Gasteiger partial charge on any atom is -0.493 e. The number of nitrogens with one attached hydrogen (secondary N) is 1. The molecule has 0 aliphatic carbocycles. The third-order valence-corrected chi connectivity index (χ3v) is 4.54. The smallest absolute Gasteiger partial charge is 0.282 e. The van der Waals surface area contributed by atoms with Crippen LogP contribution in [-0.2, 0) is 9.59 Å². The Balaban J connectivity index is 1.96. The number of hydrazine groups is 1. The van der Waals surface area contributed by atoms with Gasteiger partial charge in [-0.2, -0.15) is 0 Å². The molecule has 0 radical (unpaired) electrons. The molecule has 140 valence electrons. The molecule has 7 heteroatoms. The van der Waals surface area contributed by atoms with Crippen LogP contribution in [0.1, 0.15) is 19.4 Å². The molecule has 1 N–H and O–H groups in total. The van der Waals surface area contributed by atoms with E-state index in [0.29, 0.717) is 27.2 Å². The van der Waals surface area contributed by atoms with Crippen LogP contribution >= 0.6 is 15.9 Å². The number of carbonyl (C=O) groups excluding carboxylic acids is 2. The highest BCUT2D eigenvalue weighted by molar-refractivity contribution is 9.10. The highest BCUT2D eigenvalue weighted by atomic mass is 79.9. The van der Waals surface area contributed by atoms with Crippen molar-refractivity contribution >= 4 is 39.5 Å². The topological polar surface area (TPSA) is 67.9 Å². The maximum absolute atomic E-state index is 12.7. The lowest BCUT2D eigenvalue weighted by Gasteiger charge is -2.15. The summed E-state index contributed by atoms with van der Waals surface area (Å²) in [6.45, 7) is 3.84. The number of benzene rings is 2. The summed E-state index contributed by atoms with van der Waals surface area (Å²) < 4.78 is 11.8. The number of anilines is 1. The Kier molecular flexibility index (Phi) is 5.51. The number of halogens is 1. The summed E-state index contributed by atoms with van der Waals surface area (Å²) in [4.78, 5) is 25.0. The fourth-order valence-corrected chi connectivity index (χ4v) is 3.08. The Morgan fingerprint density at radius 1 is 1.11 bits per heavy atom. The van der Waals surface area contributed by atoms with Gasteiger partial charge in [0.05, 0.1) is 18.9 Å². The van der Waals surface area contributed by atoms with E-state index in [1.54, 1.807) is 36.4 Å². The summed E-state index contributed by atoms with van der Waals surface area (Å²) in [5.41, 5.74) is 3.85. The van der Waals surface area contributed by atoms with Gasteiger partial charge in [-0.05, 0) is 49.8 Å². The van der Waals surface area contributed by atoms with Crippen LogP contribution in [0.15, 0.2) is 52.5 Å². The predicted molar refractivity (Wildman–Crippen MR) is 107 cm³/mol. The zero-order valence-electron chi connectivity index (χ0n) is 15.2. The fourth-order valence-electron chi connectivity index (χ4n) is 2.64. The van der Waals surface area contributed by atoms with Crippen molar-refractivity contribution in [1.82, 2.24) is 5.43 Å². The van der Waals surface area contributed by atoms with Crippen molar-refractivity contribution in [2.45, 2.75) is 20.0 Å². The molecule has 1 fully saturated rings. The van der Waals surface area contributed by atoms with E-state index >= 15 is 0 Å². The summed E-state index contributed by atoms with van der Waals surface area (Å²) in [7, 11) is 1.54. The summed E-state index contributed by atoms with van der Waals surface area (Å²) in [5, 5.41) is 1.23. The molecule has 0 unspecified atom stereocenters. The minimum atomic E-state index is -0.461. The van der Waals surface area contributed by atoms with Crippen LogP contribution in [0, 0.1) is 0 Å². The van der Waals surface area contributed by atoms with E-state index in [9.17, 15) is 9.59 Å². The van der Waals surface area contributed by atoms with Gasteiger partial charge in [0.15, 0.2) is 11.5 Å². The second-order valence-electron chi connectivity index (χ2n) is 6.17. The van der Waals surface area contributed by atoms with E-state index in [1.807, 2.05) is 19.9 Å². The maximum atomic E-state index is 12.7. The molecule has 0 spiro atoms. The SMILES string of the molecule is COc1cc(C=C2C(=O)NN(c3ccccc3)C2=O)c(Br)cc1OC(C)C. The molecule has 0 aromatic heterocycles. The first-order valence-electron chi connectivity index (χ1n) is 8.37. The van der Waals surface area contributed by atoms with Crippen LogP contribution in [0.2, 0.25) is 0 Å². The van der Waals surface area contributed by atoms with Crippen molar-refractivity contribution in [3.05, 3.63) is 58.1 Å². The highest BCUT2D eigenvalue weighted by Gasteiger charge is 2.34. The molecule has 1 heterocycles. The molecule has 2 amide bonds. The number of hydrogen-bond acceptors (Lipinski definition) is 4. The van der Waals surface area contributed by atoms with E-state index in [4.69, 9.17) is 9.47 Å². The van der Waals surface area contributed by atoms with Crippen molar-refractivity contribution in [3.8, 4) is 11.5 Å². The zero-order valence-corrected chi connectivity index (χ0v) is 16.7. The number of rotatable bonds is 5. The predicted octanol–water partition coefficient (Wildman–Crippen LogP) is 3.71. The molecule has 27 heavy (non-hydrogen) atoms. The summed E-state index contributed by atoms with van der Waals surface area (Å²) in [6, 6.07) is 12.4. The van der Waals surface area contributed by atoms with Crippen LogP contribution in [0.4, 0.5) is 5.69 Å². The normalized spacial score (nSPS) is 15.4. The van der Waals surface area contributed by atoms with Gasteiger partial charge in [-0.3, -0.25) is 15.0 Å². The second-order valence-corrected chi connectivity index (χ2v) is 7.02. The largest absolute Gasteiger partial charge is 0.493 e. The quantitative estimate of drug-likeness (QED) is 0.579. The van der Waals surface area contributed by atoms with Gasteiger partial charge < -0.3 is 9.47 Å². The van der Waals surface area contributed by atoms with E-state index in [-0.39, 0.29) is 11.7 Å². The Labute approximate surface area is 165 Å². The molecule has 0 atom stereocenters. The first kappa shape index (κ1) is 19.0. The van der Waals surface area contributed by atoms with Crippen LogP contribution in [0.5, 0.6) is 11.5 Å². The molecular formula is C20H19BrN2O4. The second kappa shape index (κ2) is 7.84. The molecule has 3 rings (SSSR count). The van der Waals surface area contributed by atoms with Crippen molar-refractivity contribution in [2.24, 2.45) is 0 Å². The molecule has 6 nitrogen and oxygen atoms in total. The Bertz CT molecular complexity index is 910. The van der Waals surface area contributed by atoms with Crippen LogP contribution in [0.3, 0.4) is 0 Å². The Morgan fingerprint density at radius 2 is 1.81 bits per heavy atom. The average molecular weight is 431 g/mol. The molecule has 2 aromatic carbocycles. The fraction of sp³-hybridized carbons (Fsp3) is 0.200. The van der Waals surface area contributed by atoms with Crippen LogP contribution < -0.4 is 19.9 Å². The van der Waals surface area contributed by atoms with Crippen molar-refractivity contribution in [1.29, 1.82) is 0 Å². The third kappa shape index (κ3) is 3.98. The number of amides is 2. The Morgan fingerprint density at radius 3 is 2.44 bits per heavy atom. The molecule has 2 aromatic rings. The van der Waals surface area contributed by atoms with Gasteiger partial charge in [-0.1, -0.05) is 34.1 Å². The lowest BCUT2D eigenvalue weighted by molar-refractivity contribution is -0.117. The lowest BCUT2D eigenvalue weighted by Crippen LogP contribution is -2.35. The molecule has 1 aliphatic rings. The first-order valence-corrected chi connectivity index (χ1v) is 9.16. The van der Waals surface area contributed by atoms with E-state index < -0.39 is 11.8 Å². The number of carbonyl (C=O) groups is 2. The van der Waals surface area contributed by atoms with E-state index in [1.165, 1.54) is 18.2 Å². The highest BCUT2D eigenvalue weighted by Crippen LogP contribution is 2.35. The molecular weight excluding hydrogens is 412 g/mol. The van der Waals surface area contributed by atoms with Crippen LogP contribution in [-0.4, -0.2) is 25.0 Å². The number of para-hydroxylation sites is 1. The first-order chi connectivity index (χ1) is 12.9. The lowest BCUT2D eigenvalue weighted by atomic mass is 10.1. The van der Waals surface area contributed by atoms with Crippen LogP contribution in [0.25, 0.3) is 6.08 Å². The van der Waals surface area contributed by atoms with Gasteiger partial charge in [0.25, 0.3) is 11.8 Å². The van der Waals surface area contributed by atoms with Gasteiger partial charge in [0.2, 0.25) is 0 Å². The zero-order chi connectivity index (χ0) is 19.6. The van der Waals surface area contributed by atoms with Gasteiger partial charge in [-0.15, -0.1) is 0 Å². The molecule has 1 saturated heterocycles. The standard InChI is InChI=1S/C20H19BrN2O4/c1-12(2)27-18-11-16(21)13(10-17(18)26-3)9-15-19(24)22-23(20(15)25)14-7-5-4-6-8-14/h4-12H,1-3H3,(H,22,24). The molecule has 1 aliphatic heterocycles. The molecule has 0 saturated carbocycles. The third-order valence-electron chi connectivity index (χ3n) is 3.85. The van der Waals surface area contributed by atoms with E-state index in [0.717, 1.165) is 0 Å².